The maximum atomic E-state index is 14.4. The number of hydrogen-bond acceptors (Lipinski definition) is 4. The first-order chi connectivity index (χ1) is 17.6. The lowest BCUT2D eigenvalue weighted by Gasteiger charge is -2.07. The van der Waals surface area contributed by atoms with Crippen molar-refractivity contribution < 1.29 is 4.39 Å². The molecule has 178 valence electrons. The largest absolute Gasteiger partial charge is 0.353 e. The summed E-state index contributed by atoms with van der Waals surface area (Å²) >= 11 is 0. The number of fused-ring (bicyclic) bond motifs is 2. The fourth-order valence-electron chi connectivity index (χ4n) is 4.75. The van der Waals surface area contributed by atoms with Crippen LogP contribution in [0.4, 0.5) is 4.39 Å². The summed E-state index contributed by atoms with van der Waals surface area (Å²) < 4.78 is 14.4. The van der Waals surface area contributed by atoms with Crippen LogP contribution in [0, 0.1) is 5.82 Å². The highest BCUT2D eigenvalue weighted by Gasteiger charge is 2.15. The van der Waals surface area contributed by atoms with Gasteiger partial charge in [0, 0.05) is 40.8 Å². The van der Waals surface area contributed by atoms with Crippen LogP contribution in [0.3, 0.4) is 0 Å². The molecule has 0 spiro atoms. The van der Waals surface area contributed by atoms with E-state index in [2.05, 4.69) is 49.5 Å². The van der Waals surface area contributed by atoms with Crippen LogP contribution in [0.1, 0.15) is 18.1 Å². The molecule has 0 saturated carbocycles. The minimum atomic E-state index is -0.245. The van der Waals surface area contributed by atoms with E-state index in [0.717, 1.165) is 67.6 Å². The molecule has 0 amide bonds. The molecule has 6 aromatic rings. The van der Waals surface area contributed by atoms with Crippen LogP contribution in [0.25, 0.3) is 55.6 Å². The van der Waals surface area contributed by atoms with Gasteiger partial charge in [-0.1, -0.05) is 19.1 Å². The summed E-state index contributed by atoms with van der Waals surface area (Å²) in [6, 6.07) is 17.5. The van der Waals surface area contributed by atoms with E-state index >= 15 is 0 Å². The highest BCUT2D eigenvalue weighted by atomic mass is 19.1. The highest BCUT2D eigenvalue weighted by Crippen LogP contribution is 2.35. The average molecular weight is 477 g/mol. The van der Waals surface area contributed by atoms with Crippen molar-refractivity contribution in [3.05, 3.63) is 90.1 Å². The van der Waals surface area contributed by atoms with Gasteiger partial charge < -0.3 is 10.3 Å². The van der Waals surface area contributed by atoms with Gasteiger partial charge in [0.1, 0.15) is 11.5 Å². The Balaban J connectivity index is 1.47. The number of nitrogens with one attached hydrogen (secondary N) is 3. The molecule has 0 aliphatic rings. The van der Waals surface area contributed by atoms with Crippen LogP contribution in [0.2, 0.25) is 0 Å². The van der Waals surface area contributed by atoms with Crippen LogP contribution in [-0.4, -0.2) is 32.2 Å². The molecule has 0 atom stereocenters. The van der Waals surface area contributed by atoms with Gasteiger partial charge in [0.15, 0.2) is 0 Å². The number of pyridine rings is 2. The number of halogens is 1. The van der Waals surface area contributed by atoms with Crippen LogP contribution >= 0.6 is 0 Å². The summed E-state index contributed by atoms with van der Waals surface area (Å²) in [5.41, 5.74) is 9.22. The quantitative estimate of drug-likeness (QED) is 0.265. The number of benzene rings is 2. The van der Waals surface area contributed by atoms with Gasteiger partial charge in [-0.2, -0.15) is 5.10 Å². The zero-order chi connectivity index (χ0) is 24.6. The zero-order valence-corrected chi connectivity index (χ0v) is 20.1. The summed E-state index contributed by atoms with van der Waals surface area (Å²) in [6.45, 7) is 2.71. The molecular formula is C29H25FN6. The van der Waals surface area contributed by atoms with Gasteiger partial charge in [-0.3, -0.25) is 15.1 Å². The standard InChI is InChI=1S/C29H25FN6/c1-3-17-7-20(15-32-14-17)26-12-24-28(16-33-26)35-36-29(24)27-11-23-22(5-4-6-25(23)34-27)19-8-18(13-31-2)9-21(30)10-19/h4-12,14-16,31,34H,3,13H2,1-2H3,(H,35,36). The second-order valence-corrected chi connectivity index (χ2v) is 8.95. The molecule has 4 aromatic heterocycles. The molecule has 0 aliphatic heterocycles. The van der Waals surface area contributed by atoms with Crippen molar-refractivity contribution in [3.63, 3.8) is 0 Å². The van der Waals surface area contributed by atoms with Crippen molar-refractivity contribution in [3.8, 4) is 33.8 Å². The predicted molar refractivity (Wildman–Crippen MR) is 142 cm³/mol. The van der Waals surface area contributed by atoms with Crippen molar-refractivity contribution in [2.75, 3.05) is 7.05 Å². The van der Waals surface area contributed by atoms with Crippen molar-refractivity contribution in [2.24, 2.45) is 0 Å². The maximum absolute atomic E-state index is 14.4. The second-order valence-electron chi connectivity index (χ2n) is 8.95. The number of aryl methyl sites for hydroxylation is 1. The molecule has 6 rings (SSSR count). The van der Waals surface area contributed by atoms with Crippen molar-refractivity contribution in [1.82, 2.24) is 30.5 Å². The SMILES string of the molecule is CCc1cncc(-c2cc3c(-c4cc5c(-c6cc(F)cc(CNC)c6)cccc5[nH]4)n[nH]c3cn2)c1. The normalized spacial score (nSPS) is 11.5. The Morgan fingerprint density at radius 2 is 1.78 bits per heavy atom. The van der Waals surface area contributed by atoms with Gasteiger partial charge >= 0.3 is 0 Å². The number of hydrogen-bond donors (Lipinski definition) is 3. The third kappa shape index (κ3) is 3.93. The van der Waals surface area contributed by atoms with Gasteiger partial charge in [-0.25, -0.2) is 4.39 Å². The summed E-state index contributed by atoms with van der Waals surface area (Å²) in [5, 5.41) is 12.8. The third-order valence-electron chi connectivity index (χ3n) is 6.51. The Bertz CT molecular complexity index is 1710. The number of aromatic amines is 2. The van der Waals surface area contributed by atoms with Gasteiger partial charge in [0.25, 0.3) is 0 Å². The first-order valence-corrected chi connectivity index (χ1v) is 12.0. The van der Waals surface area contributed by atoms with E-state index in [-0.39, 0.29) is 5.82 Å². The molecule has 0 radical (unpaired) electrons. The van der Waals surface area contributed by atoms with Crippen LogP contribution in [0.15, 0.2) is 73.2 Å². The monoisotopic (exact) mass is 476 g/mol. The maximum Gasteiger partial charge on any atom is 0.124 e. The summed E-state index contributed by atoms with van der Waals surface area (Å²) in [5.74, 6) is -0.245. The number of aromatic nitrogens is 5. The fraction of sp³-hybridized carbons (Fsp3) is 0.138. The first kappa shape index (κ1) is 22.1. The predicted octanol–water partition coefficient (Wildman–Crippen LogP) is 6.26. The number of nitrogens with zero attached hydrogens (tertiary/aromatic N) is 3. The van der Waals surface area contributed by atoms with Crippen molar-refractivity contribution in [2.45, 2.75) is 19.9 Å². The lowest BCUT2D eigenvalue weighted by molar-refractivity contribution is 0.624. The van der Waals surface area contributed by atoms with E-state index in [4.69, 9.17) is 0 Å². The lowest BCUT2D eigenvalue weighted by Crippen LogP contribution is -2.05. The van der Waals surface area contributed by atoms with Crippen LogP contribution in [-0.2, 0) is 13.0 Å². The molecule has 4 heterocycles. The first-order valence-electron chi connectivity index (χ1n) is 12.0. The van der Waals surface area contributed by atoms with Gasteiger partial charge in [0.05, 0.1) is 23.1 Å². The van der Waals surface area contributed by atoms with Gasteiger partial charge in [0.2, 0.25) is 0 Å². The Hall–Kier alpha value is -4.36. The van der Waals surface area contributed by atoms with E-state index in [0.29, 0.717) is 6.54 Å². The van der Waals surface area contributed by atoms with E-state index in [1.807, 2.05) is 56.0 Å². The topological polar surface area (TPSA) is 82.3 Å². The van der Waals surface area contributed by atoms with E-state index in [9.17, 15) is 4.39 Å². The van der Waals surface area contributed by atoms with Gasteiger partial charge in [-0.05, 0) is 78.2 Å². The molecule has 36 heavy (non-hydrogen) atoms. The Morgan fingerprint density at radius 3 is 2.64 bits per heavy atom. The van der Waals surface area contributed by atoms with Gasteiger partial charge in [-0.15, -0.1) is 0 Å². The zero-order valence-electron chi connectivity index (χ0n) is 20.1. The summed E-state index contributed by atoms with van der Waals surface area (Å²) in [4.78, 5) is 12.5. The average Bonchev–Trinajstić information content (AvgIpc) is 3.52. The molecule has 0 bridgehead atoms. The van der Waals surface area contributed by atoms with Crippen LogP contribution < -0.4 is 5.32 Å². The molecule has 2 aromatic carbocycles. The summed E-state index contributed by atoms with van der Waals surface area (Å²) in [7, 11) is 1.86. The van der Waals surface area contributed by atoms with Crippen LogP contribution in [0.5, 0.6) is 0 Å². The molecule has 3 N–H and O–H groups in total. The van der Waals surface area contributed by atoms with E-state index in [1.54, 1.807) is 12.1 Å². The summed E-state index contributed by atoms with van der Waals surface area (Å²) in [6.07, 6.45) is 6.44. The van der Waals surface area contributed by atoms with Crippen molar-refractivity contribution in [1.29, 1.82) is 0 Å². The Kier molecular flexibility index (Phi) is 5.54. The number of rotatable bonds is 6. The second kappa shape index (κ2) is 9.02. The minimum Gasteiger partial charge on any atom is -0.353 e. The molecule has 7 heteroatoms. The molecule has 0 unspecified atom stereocenters. The molecule has 0 saturated heterocycles. The number of H-pyrrole nitrogens is 2. The molecular weight excluding hydrogens is 451 g/mol. The van der Waals surface area contributed by atoms with E-state index in [1.165, 1.54) is 5.56 Å². The van der Waals surface area contributed by atoms with E-state index < -0.39 is 0 Å². The minimum absolute atomic E-state index is 0.245. The molecule has 6 nitrogen and oxygen atoms in total. The highest BCUT2D eigenvalue weighted by molar-refractivity contribution is 6.01. The Morgan fingerprint density at radius 1 is 0.889 bits per heavy atom. The lowest BCUT2D eigenvalue weighted by atomic mass is 9.99. The smallest absolute Gasteiger partial charge is 0.124 e. The van der Waals surface area contributed by atoms with Crippen molar-refractivity contribution >= 4 is 21.8 Å². The fourth-order valence-corrected chi connectivity index (χ4v) is 4.75. The Labute approximate surface area is 207 Å². The molecule has 0 fully saturated rings. The third-order valence-corrected chi connectivity index (χ3v) is 6.51. The molecule has 0 aliphatic carbocycles.